The Morgan fingerprint density at radius 1 is 0.432 bits per heavy atom. The van der Waals surface area contributed by atoms with E-state index >= 15 is 0 Å². The average molecular weight is 964 g/mol. The zero-order valence-electron chi connectivity index (χ0n) is 44.9. The summed E-state index contributed by atoms with van der Waals surface area (Å²) in [5, 5.41) is 2.24. The van der Waals surface area contributed by atoms with Crippen LogP contribution in [0.3, 0.4) is 0 Å². The number of hydrogen-bond donors (Lipinski definition) is 0. The first kappa shape index (κ1) is 47.3. The number of benzene rings is 9. The first-order valence-electron chi connectivity index (χ1n) is 26.6. The average Bonchev–Trinajstić information content (AvgIpc) is 3.78. The molecule has 0 N–H and O–H groups in total. The van der Waals surface area contributed by atoms with Crippen molar-refractivity contribution in [3.8, 4) is 11.1 Å². The van der Waals surface area contributed by atoms with E-state index in [1.807, 2.05) is 0 Å². The molecule has 0 saturated heterocycles. The van der Waals surface area contributed by atoms with E-state index in [9.17, 15) is 0 Å². The van der Waals surface area contributed by atoms with Crippen molar-refractivity contribution < 1.29 is 4.42 Å². The van der Waals surface area contributed by atoms with Crippen LogP contribution in [0, 0.1) is 0 Å². The van der Waals surface area contributed by atoms with Crippen LogP contribution in [0.15, 0.2) is 199 Å². The summed E-state index contributed by atoms with van der Waals surface area (Å²) in [6.45, 7) is 25.3. The highest BCUT2D eigenvalue weighted by molar-refractivity contribution is 7.00. The van der Waals surface area contributed by atoms with Gasteiger partial charge in [-0.3, -0.25) is 0 Å². The Morgan fingerprint density at radius 3 is 1.57 bits per heavy atom. The minimum absolute atomic E-state index is 0.00493. The molecule has 2 aliphatic heterocycles. The van der Waals surface area contributed by atoms with Crippen molar-refractivity contribution >= 4 is 96.2 Å². The van der Waals surface area contributed by atoms with Crippen LogP contribution in [0.2, 0.25) is 0 Å². The number of fused-ring (bicyclic) bond motifs is 7. The van der Waals surface area contributed by atoms with Gasteiger partial charge in [0.05, 0.1) is 17.1 Å². The second-order valence-corrected chi connectivity index (χ2v) is 24.0. The molecule has 0 saturated carbocycles. The summed E-state index contributed by atoms with van der Waals surface area (Å²) in [6, 6.07) is 72.9. The Balaban J connectivity index is 1.24. The highest BCUT2D eigenvalue weighted by Crippen LogP contribution is 2.51. The summed E-state index contributed by atoms with van der Waals surface area (Å²) in [7, 11) is 0. The number of hydrogen-bond acceptors (Lipinski definition) is 4. The molecule has 1 aromatic heterocycles. The van der Waals surface area contributed by atoms with E-state index in [0.717, 1.165) is 61.8 Å². The lowest BCUT2D eigenvalue weighted by Gasteiger charge is -2.46. The molecule has 5 heteroatoms. The zero-order chi connectivity index (χ0) is 51.4. The molecule has 0 aliphatic carbocycles. The van der Waals surface area contributed by atoms with Gasteiger partial charge in [-0.25, -0.2) is 0 Å². The monoisotopic (exact) mass is 964 g/mol. The first-order chi connectivity index (χ1) is 35.5. The lowest BCUT2D eigenvalue weighted by atomic mass is 9.33. The summed E-state index contributed by atoms with van der Waals surface area (Å²) in [6.07, 6.45) is 0. The quantitative estimate of drug-likeness (QED) is 0.148. The summed E-state index contributed by atoms with van der Waals surface area (Å²) < 4.78 is 7.19. The van der Waals surface area contributed by atoms with Gasteiger partial charge in [0.1, 0.15) is 5.58 Å². The lowest BCUT2D eigenvalue weighted by molar-refractivity contribution is 0.590. The maximum absolute atomic E-state index is 7.19. The molecule has 74 heavy (non-hydrogen) atoms. The second kappa shape index (κ2) is 17.4. The fraction of sp³-hybridized carbons (Fsp3) is 0.217. The number of anilines is 9. The summed E-state index contributed by atoms with van der Waals surface area (Å²) in [5.41, 5.74) is 23.0. The molecule has 9 aromatic carbocycles. The van der Waals surface area contributed by atoms with Crippen molar-refractivity contribution in [2.24, 2.45) is 0 Å². The molecule has 0 unspecified atom stereocenters. The SMILES string of the molecule is CC(C)c1cccc2c1oc1c(N(c3ccccc3)c3cc4c5c(c3)N(c3ccccc3-c3ccccc3)c3ccc(C(C)(C)C)cc3B5c3cc(C(C)(C)C)ccc3N4c3ccc(C(C)(C)C)cc3)cccc12. The van der Waals surface area contributed by atoms with Crippen LogP contribution in [0.5, 0.6) is 0 Å². The van der Waals surface area contributed by atoms with Crippen molar-refractivity contribution in [2.75, 3.05) is 14.7 Å². The molecule has 10 aromatic rings. The molecular formula is C69H66BN3O. The zero-order valence-corrected chi connectivity index (χ0v) is 44.9. The van der Waals surface area contributed by atoms with Crippen molar-refractivity contribution in [1.29, 1.82) is 0 Å². The number of para-hydroxylation sites is 4. The highest BCUT2D eigenvalue weighted by Gasteiger charge is 2.45. The van der Waals surface area contributed by atoms with E-state index in [-0.39, 0.29) is 23.0 Å². The van der Waals surface area contributed by atoms with Gasteiger partial charge in [0.2, 0.25) is 0 Å². The van der Waals surface area contributed by atoms with Crippen LogP contribution in [-0.2, 0) is 16.2 Å². The topological polar surface area (TPSA) is 22.9 Å². The standard InChI is InChI=1S/C69H66BN3O/c1-44(2)52-27-20-28-54-55-29-21-31-61(66(55)74-65(52)54)71(49-24-16-13-17-25-49)51-42-62-64-63(43-51)73(58-30-19-18-26-53(58)45-22-14-12-15-23-45)60-39-35-48(69(9,10)11)41-57(60)70(64)56-40-47(68(6,7)8)34-38-59(56)72(62)50-36-32-46(33-37-50)67(3,4)5/h12-44H,1-11H3. The van der Waals surface area contributed by atoms with Gasteiger partial charge >= 0.3 is 0 Å². The molecule has 0 radical (unpaired) electrons. The Morgan fingerprint density at radius 2 is 0.959 bits per heavy atom. The molecule has 0 fully saturated rings. The van der Waals surface area contributed by atoms with Gasteiger partial charge < -0.3 is 19.1 Å². The molecule has 0 spiro atoms. The van der Waals surface area contributed by atoms with Crippen molar-refractivity contribution in [3.05, 3.63) is 216 Å². The van der Waals surface area contributed by atoms with Crippen molar-refractivity contribution in [1.82, 2.24) is 0 Å². The fourth-order valence-corrected chi connectivity index (χ4v) is 11.7. The van der Waals surface area contributed by atoms with Crippen LogP contribution < -0.4 is 31.1 Å². The van der Waals surface area contributed by atoms with Gasteiger partial charge in [0.25, 0.3) is 6.71 Å². The maximum Gasteiger partial charge on any atom is 0.252 e. The van der Waals surface area contributed by atoms with Gasteiger partial charge in [0.15, 0.2) is 5.58 Å². The minimum Gasteiger partial charge on any atom is -0.454 e. The van der Waals surface area contributed by atoms with E-state index in [0.29, 0.717) is 5.92 Å². The van der Waals surface area contributed by atoms with E-state index in [1.165, 1.54) is 61.1 Å². The van der Waals surface area contributed by atoms with E-state index in [4.69, 9.17) is 4.42 Å². The third kappa shape index (κ3) is 7.82. The number of furan rings is 1. The van der Waals surface area contributed by atoms with E-state index in [2.05, 4.69) is 285 Å². The third-order valence-corrected chi connectivity index (χ3v) is 15.7. The van der Waals surface area contributed by atoms with Crippen LogP contribution in [0.1, 0.15) is 104 Å². The molecule has 366 valence electrons. The number of nitrogens with zero attached hydrogens (tertiary/aromatic N) is 3. The van der Waals surface area contributed by atoms with Crippen LogP contribution >= 0.6 is 0 Å². The summed E-state index contributed by atoms with van der Waals surface area (Å²) >= 11 is 0. The normalized spacial score (nSPS) is 13.4. The molecule has 4 nitrogen and oxygen atoms in total. The Labute approximate surface area is 439 Å². The highest BCUT2D eigenvalue weighted by atomic mass is 16.3. The molecule has 12 rings (SSSR count). The summed E-state index contributed by atoms with van der Waals surface area (Å²) in [5.74, 6) is 0.299. The molecule has 3 heterocycles. The smallest absolute Gasteiger partial charge is 0.252 e. The van der Waals surface area contributed by atoms with Crippen molar-refractivity contribution in [3.63, 3.8) is 0 Å². The Bertz CT molecular complexity index is 3780. The van der Waals surface area contributed by atoms with Gasteiger partial charge in [-0.2, -0.15) is 0 Å². The first-order valence-corrected chi connectivity index (χ1v) is 26.6. The molecular weight excluding hydrogens is 898 g/mol. The second-order valence-electron chi connectivity index (χ2n) is 24.0. The lowest BCUT2D eigenvalue weighted by Crippen LogP contribution is -2.61. The van der Waals surface area contributed by atoms with E-state index in [1.54, 1.807) is 0 Å². The van der Waals surface area contributed by atoms with Gasteiger partial charge in [0, 0.05) is 50.5 Å². The maximum atomic E-state index is 7.19. The third-order valence-electron chi connectivity index (χ3n) is 15.7. The van der Waals surface area contributed by atoms with Crippen LogP contribution in [0.25, 0.3) is 33.1 Å². The van der Waals surface area contributed by atoms with Gasteiger partial charge in [-0.05, 0) is 127 Å². The predicted molar refractivity (Wildman–Crippen MR) is 318 cm³/mol. The van der Waals surface area contributed by atoms with Crippen LogP contribution in [0.4, 0.5) is 51.2 Å². The summed E-state index contributed by atoms with van der Waals surface area (Å²) in [4.78, 5) is 7.58. The molecule has 0 atom stereocenters. The minimum atomic E-state index is -0.0792. The fourth-order valence-electron chi connectivity index (χ4n) is 11.7. The van der Waals surface area contributed by atoms with Crippen LogP contribution in [-0.4, -0.2) is 6.71 Å². The molecule has 0 amide bonds. The van der Waals surface area contributed by atoms with Crippen molar-refractivity contribution in [2.45, 2.75) is 98.3 Å². The number of rotatable bonds is 7. The van der Waals surface area contributed by atoms with E-state index < -0.39 is 0 Å². The molecule has 2 aliphatic rings. The Hall–Kier alpha value is -7.76. The predicted octanol–water partition coefficient (Wildman–Crippen LogP) is 17.8. The molecule has 0 bridgehead atoms. The van der Waals surface area contributed by atoms with Gasteiger partial charge in [-0.15, -0.1) is 0 Å². The largest absolute Gasteiger partial charge is 0.454 e. The van der Waals surface area contributed by atoms with Gasteiger partial charge in [-0.1, -0.05) is 210 Å². The Kier molecular flexibility index (Phi) is 11.1.